The second kappa shape index (κ2) is 4.91. The number of anilines is 1. The highest BCUT2D eigenvalue weighted by Crippen LogP contribution is 2.32. The molecule has 0 radical (unpaired) electrons. The Hall–Kier alpha value is -1.76. The molecule has 0 spiro atoms. The number of hydrogen-bond acceptors (Lipinski definition) is 3. The minimum atomic E-state index is -4.47. The first-order valence-corrected chi connectivity index (χ1v) is 6.89. The van der Waals surface area contributed by atoms with Crippen LogP contribution < -0.4 is 5.73 Å². The van der Waals surface area contributed by atoms with E-state index in [1.807, 2.05) is 7.05 Å². The van der Waals surface area contributed by atoms with E-state index in [9.17, 15) is 13.2 Å². The molecule has 1 aliphatic carbocycles. The largest absolute Gasteiger partial charge is 0.449 e. The van der Waals surface area contributed by atoms with Crippen LogP contribution in [0.3, 0.4) is 0 Å². The summed E-state index contributed by atoms with van der Waals surface area (Å²) in [7, 11) is 1.95. The van der Waals surface area contributed by atoms with Gasteiger partial charge in [0.25, 0.3) is 0 Å². The first kappa shape index (κ1) is 14.2. The molecule has 0 unspecified atom stereocenters. The molecular weight excluding hydrogens is 281 g/mol. The fourth-order valence-corrected chi connectivity index (χ4v) is 2.55. The number of aromatic nitrogens is 2. The molecule has 2 N–H and O–H groups in total. The van der Waals surface area contributed by atoms with E-state index < -0.39 is 12.0 Å². The van der Waals surface area contributed by atoms with Crippen LogP contribution >= 0.6 is 0 Å². The molecule has 4 nitrogen and oxygen atoms in total. The zero-order chi connectivity index (χ0) is 15.2. The van der Waals surface area contributed by atoms with Crippen molar-refractivity contribution in [3.63, 3.8) is 0 Å². The van der Waals surface area contributed by atoms with Crippen LogP contribution in [0.2, 0.25) is 0 Å². The van der Waals surface area contributed by atoms with E-state index in [0.29, 0.717) is 23.8 Å². The van der Waals surface area contributed by atoms with Crippen molar-refractivity contribution < 1.29 is 13.2 Å². The number of hydrogen-bond donors (Lipinski definition) is 1. The van der Waals surface area contributed by atoms with Crippen LogP contribution in [0.15, 0.2) is 18.2 Å². The number of likely N-dealkylation sites (N-methyl/N-ethyl adjacent to an activating group) is 1. The predicted octanol–water partition coefficient (Wildman–Crippen LogP) is 2.73. The first-order chi connectivity index (χ1) is 9.86. The lowest BCUT2D eigenvalue weighted by Gasteiger charge is -2.18. The fraction of sp³-hybridized carbons (Fsp3) is 0.500. The number of fused-ring (bicyclic) bond motifs is 1. The Morgan fingerprint density at radius 2 is 2.10 bits per heavy atom. The molecule has 1 aliphatic rings. The van der Waals surface area contributed by atoms with E-state index in [1.54, 1.807) is 12.1 Å². The predicted molar refractivity (Wildman–Crippen MR) is 74.8 cm³/mol. The van der Waals surface area contributed by atoms with Gasteiger partial charge in [0.2, 0.25) is 5.82 Å². The average Bonchev–Trinajstić information content (AvgIpc) is 3.17. The van der Waals surface area contributed by atoms with E-state index in [-0.39, 0.29) is 12.1 Å². The van der Waals surface area contributed by atoms with Gasteiger partial charge < -0.3 is 15.2 Å². The fourth-order valence-electron chi connectivity index (χ4n) is 2.55. The Kier molecular flexibility index (Phi) is 3.32. The van der Waals surface area contributed by atoms with Crippen molar-refractivity contribution in [3.05, 3.63) is 24.0 Å². The zero-order valence-corrected chi connectivity index (χ0v) is 11.7. The summed E-state index contributed by atoms with van der Waals surface area (Å²) in [5, 5.41) is 0. The number of imidazole rings is 1. The van der Waals surface area contributed by atoms with Crippen molar-refractivity contribution in [3.8, 4) is 0 Å². The van der Waals surface area contributed by atoms with Crippen LogP contribution in [0.1, 0.15) is 18.7 Å². The van der Waals surface area contributed by atoms with Gasteiger partial charge in [-0.15, -0.1) is 0 Å². The minimum absolute atomic E-state index is 0.266. The Labute approximate surface area is 120 Å². The number of benzene rings is 1. The maximum absolute atomic E-state index is 13.2. The maximum Gasteiger partial charge on any atom is 0.449 e. The Bertz CT molecular complexity index is 658. The summed E-state index contributed by atoms with van der Waals surface area (Å²) in [6, 6.07) is 5.20. The average molecular weight is 298 g/mol. The van der Waals surface area contributed by atoms with Gasteiger partial charge in [-0.25, -0.2) is 4.98 Å². The SMILES string of the molecule is CN(CCn1c(C(F)(F)F)nc2cc(N)ccc21)C1CC1. The van der Waals surface area contributed by atoms with Gasteiger partial charge >= 0.3 is 6.18 Å². The third kappa shape index (κ3) is 2.83. The van der Waals surface area contributed by atoms with Crippen LogP contribution in [0.4, 0.5) is 18.9 Å². The molecule has 0 amide bonds. The number of alkyl halides is 3. The highest BCUT2D eigenvalue weighted by molar-refractivity contribution is 5.79. The van der Waals surface area contributed by atoms with Crippen molar-refractivity contribution in [1.29, 1.82) is 0 Å². The molecule has 1 saturated carbocycles. The number of halogens is 3. The molecule has 114 valence electrons. The van der Waals surface area contributed by atoms with Crippen LogP contribution in [-0.2, 0) is 12.7 Å². The van der Waals surface area contributed by atoms with Gasteiger partial charge in [-0.1, -0.05) is 0 Å². The normalized spacial score (nSPS) is 16.0. The molecule has 0 saturated heterocycles. The van der Waals surface area contributed by atoms with Gasteiger partial charge in [0, 0.05) is 24.8 Å². The Balaban J connectivity index is 1.96. The van der Waals surface area contributed by atoms with Crippen LogP contribution in [-0.4, -0.2) is 34.1 Å². The summed E-state index contributed by atoms with van der Waals surface area (Å²) in [4.78, 5) is 5.82. The summed E-state index contributed by atoms with van der Waals surface area (Å²) in [6.45, 7) is 0.839. The van der Waals surface area contributed by atoms with Gasteiger partial charge in [-0.2, -0.15) is 13.2 Å². The van der Waals surface area contributed by atoms with Crippen molar-refractivity contribution in [2.45, 2.75) is 31.6 Å². The lowest BCUT2D eigenvalue weighted by Crippen LogP contribution is -2.27. The quantitative estimate of drug-likeness (QED) is 0.883. The molecule has 1 fully saturated rings. The molecule has 2 aromatic rings. The molecule has 21 heavy (non-hydrogen) atoms. The summed E-state index contributed by atoms with van der Waals surface area (Å²) < 4.78 is 40.7. The van der Waals surface area contributed by atoms with E-state index in [0.717, 1.165) is 12.8 Å². The molecule has 1 aromatic heterocycles. The number of nitrogens with two attached hydrogens (primary N) is 1. The Morgan fingerprint density at radius 1 is 1.38 bits per heavy atom. The van der Waals surface area contributed by atoms with Gasteiger partial charge in [0.05, 0.1) is 11.0 Å². The van der Waals surface area contributed by atoms with Crippen molar-refractivity contribution in [2.24, 2.45) is 0 Å². The molecular formula is C14H17F3N4. The van der Waals surface area contributed by atoms with Crippen LogP contribution in [0.25, 0.3) is 11.0 Å². The van der Waals surface area contributed by atoms with Gasteiger partial charge in [-0.3, -0.25) is 0 Å². The molecule has 0 bridgehead atoms. The second-order valence-corrected chi connectivity index (χ2v) is 5.54. The standard InChI is InChI=1S/C14H17F3N4/c1-20(10-3-4-10)6-7-21-12-5-2-9(18)8-11(12)19-13(21)14(15,16)17/h2,5,8,10H,3-4,6-7,18H2,1H3. The number of nitrogens with zero attached hydrogens (tertiary/aromatic N) is 3. The highest BCUT2D eigenvalue weighted by Gasteiger charge is 2.37. The molecule has 1 heterocycles. The van der Waals surface area contributed by atoms with E-state index in [2.05, 4.69) is 9.88 Å². The van der Waals surface area contributed by atoms with Crippen LogP contribution in [0, 0.1) is 0 Å². The summed E-state index contributed by atoms with van der Waals surface area (Å²) >= 11 is 0. The second-order valence-electron chi connectivity index (χ2n) is 5.54. The van der Waals surface area contributed by atoms with Gasteiger partial charge in [-0.05, 0) is 38.1 Å². The van der Waals surface area contributed by atoms with E-state index in [4.69, 9.17) is 5.73 Å². The molecule has 1 aromatic carbocycles. The van der Waals surface area contributed by atoms with Gasteiger partial charge in [0.15, 0.2) is 0 Å². The van der Waals surface area contributed by atoms with E-state index >= 15 is 0 Å². The third-order valence-corrected chi connectivity index (χ3v) is 3.87. The minimum Gasteiger partial charge on any atom is -0.399 e. The molecule has 0 atom stereocenters. The summed E-state index contributed by atoms with van der Waals surface area (Å²) in [5.41, 5.74) is 6.80. The van der Waals surface area contributed by atoms with Crippen LogP contribution in [0.5, 0.6) is 0 Å². The van der Waals surface area contributed by atoms with E-state index in [1.165, 1.54) is 10.6 Å². The Morgan fingerprint density at radius 3 is 2.71 bits per heavy atom. The van der Waals surface area contributed by atoms with Crippen molar-refractivity contribution in [2.75, 3.05) is 19.3 Å². The molecule has 7 heteroatoms. The monoisotopic (exact) mass is 298 g/mol. The number of rotatable bonds is 4. The smallest absolute Gasteiger partial charge is 0.399 e. The third-order valence-electron chi connectivity index (χ3n) is 3.87. The topological polar surface area (TPSA) is 47.1 Å². The van der Waals surface area contributed by atoms with Crippen molar-refractivity contribution in [1.82, 2.24) is 14.5 Å². The summed E-state index contributed by atoms with van der Waals surface area (Å²) in [5.74, 6) is -0.854. The molecule has 3 rings (SSSR count). The number of nitrogen functional groups attached to an aromatic ring is 1. The van der Waals surface area contributed by atoms with Gasteiger partial charge in [0.1, 0.15) is 0 Å². The first-order valence-electron chi connectivity index (χ1n) is 6.89. The molecule has 0 aliphatic heterocycles. The highest BCUT2D eigenvalue weighted by atomic mass is 19.4. The zero-order valence-electron chi connectivity index (χ0n) is 11.7. The van der Waals surface area contributed by atoms with Crippen molar-refractivity contribution >= 4 is 16.7 Å². The summed E-state index contributed by atoms with van der Waals surface area (Å²) in [6.07, 6.45) is -2.21. The lowest BCUT2D eigenvalue weighted by molar-refractivity contribution is -0.147. The lowest BCUT2D eigenvalue weighted by atomic mass is 10.3. The maximum atomic E-state index is 13.2.